The number of hydrogen-bond donors (Lipinski definition) is 0. The Bertz CT molecular complexity index is 114. The van der Waals surface area contributed by atoms with Gasteiger partial charge in [-0.3, -0.25) is 0 Å². The molecule has 0 heterocycles. The molecule has 0 amide bonds. The van der Waals surface area contributed by atoms with E-state index in [0.717, 1.165) is 6.04 Å². The molecule has 0 aromatic rings. The fourth-order valence-electron chi connectivity index (χ4n) is 0.312. The Morgan fingerprint density at radius 1 is 1.08 bits per heavy atom. The van der Waals surface area contributed by atoms with Gasteiger partial charge in [0.2, 0.25) is 0 Å². The summed E-state index contributed by atoms with van der Waals surface area (Å²) in [6.45, 7) is 4.21. The first-order valence-electron chi connectivity index (χ1n) is 3.45. The van der Waals surface area contributed by atoms with E-state index in [9.17, 15) is 0 Å². The summed E-state index contributed by atoms with van der Waals surface area (Å²) in [4.78, 5) is 0. The molecule has 0 saturated heterocycles. The van der Waals surface area contributed by atoms with Gasteiger partial charge in [-0.15, -0.1) is 0 Å². The van der Waals surface area contributed by atoms with Gasteiger partial charge in [0, 0.05) is 8.07 Å². The third-order valence-corrected chi connectivity index (χ3v) is 5.12. The summed E-state index contributed by atoms with van der Waals surface area (Å²) < 4.78 is 0. The zero-order valence-corrected chi connectivity index (χ0v) is 13.7. The van der Waals surface area contributed by atoms with Crippen LogP contribution < -0.4 is 0 Å². The Balaban J connectivity index is 0. The first-order valence-corrected chi connectivity index (χ1v) is 17.8. The van der Waals surface area contributed by atoms with Gasteiger partial charge in [0.1, 0.15) is 0 Å². The van der Waals surface area contributed by atoms with Crippen molar-refractivity contribution in [3.63, 3.8) is 0 Å². The van der Waals surface area contributed by atoms with E-state index in [0.29, 0.717) is 12.3 Å². The summed E-state index contributed by atoms with van der Waals surface area (Å²) in [7, 11) is 18.7. The van der Waals surface area contributed by atoms with Crippen LogP contribution >= 0.6 is 37.7 Å². The van der Waals surface area contributed by atoms with Crippen LogP contribution in [0, 0.1) is 0 Å². The second-order valence-corrected chi connectivity index (χ2v) is 27.5. The molecule has 0 aromatic heterocycles. The minimum atomic E-state index is -3.06. The van der Waals surface area contributed by atoms with E-state index in [1.165, 1.54) is 0 Å². The monoisotopic (exact) mass is 465 g/mol. The van der Waals surface area contributed by atoms with Crippen LogP contribution in [0.1, 0.15) is 6.92 Å². The molecule has 0 bridgehead atoms. The molecule has 0 fully saturated rings. The van der Waals surface area contributed by atoms with E-state index in [1.54, 1.807) is 0 Å². The third-order valence-electron chi connectivity index (χ3n) is 1.71. The number of hydrogen-bond acceptors (Lipinski definition) is 0. The molecule has 0 aromatic carbocycles. The molecule has 86 valence electrons. The molecule has 8 heteroatoms. The van der Waals surface area contributed by atoms with Gasteiger partial charge in [-0.25, -0.2) is 0 Å². The van der Waals surface area contributed by atoms with Crippen molar-refractivity contribution in [2.24, 2.45) is 0 Å². The predicted octanol–water partition coefficient (Wildman–Crippen LogP) is 5.02. The molecule has 0 saturated carbocycles. The van der Waals surface area contributed by atoms with E-state index in [2.05, 4.69) is 13.5 Å². The summed E-state index contributed by atoms with van der Waals surface area (Å²) in [6, 6.07) is 1.08. The maximum atomic E-state index is 7.10. The van der Waals surface area contributed by atoms with Crippen LogP contribution in [-0.4, -0.2) is 20.4 Å². The summed E-state index contributed by atoms with van der Waals surface area (Å²) in [5.41, 5.74) is 14.2. The Morgan fingerprint density at radius 2 is 1.31 bits per heavy atom. The minimum absolute atomic E-state index is 0.521. The average Bonchev–Trinajstić information content (AvgIpc) is 2.00. The fraction of sp³-hybridized carbons (Fsp3) is 1.00. The molecule has 0 atom stereocenters. The molecule has 0 aliphatic rings. The van der Waals surface area contributed by atoms with Crippen molar-refractivity contribution in [1.82, 2.24) is 0 Å². The van der Waals surface area contributed by atoms with E-state index in [4.69, 9.17) is 49.1 Å². The molecule has 0 spiro atoms. The van der Waals surface area contributed by atoms with E-state index in [1.807, 2.05) is 0 Å². The summed E-state index contributed by atoms with van der Waals surface area (Å²) >= 11 is -3.06. The van der Waals surface area contributed by atoms with E-state index >= 15 is 0 Å². The number of nitrogens with one attached hydrogen (secondary N) is 2. The third kappa shape index (κ3) is 16.6. The molecule has 0 rings (SSSR count). The predicted molar refractivity (Wildman–Crippen MR) is 63.9 cm³/mol. The van der Waals surface area contributed by atoms with Crippen molar-refractivity contribution in [1.29, 1.82) is 0 Å². The molecule has 2 nitrogen and oxygen atoms in total. The molecule has 0 radical (unpaired) electrons. The summed E-state index contributed by atoms with van der Waals surface area (Å²) in [5, 5.41) is 0. The standard InChI is InChI=1S/C5H14N2Si.4ClH.Pt/c1-3-8(2,4-6)5-7;;;;;/h6-7H,3-5H2,1-2H3;4*1H;/q-2;;;;;+6/p-4. The van der Waals surface area contributed by atoms with Gasteiger partial charge >= 0.3 is 49.6 Å². The van der Waals surface area contributed by atoms with Gasteiger partial charge in [-0.05, 0) is 0 Å². The molecular formula is C5H14Cl4N2PtSi. The van der Waals surface area contributed by atoms with E-state index in [-0.39, 0.29) is 0 Å². The zero-order valence-electron chi connectivity index (χ0n) is 7.45. The fourth-order valence-corrected chi connectivity index (χ4v) is 0.937. The van der Waals surface area contributed by atoms with Gasteiger partial charge in [-0.2, -0.15) is 12.3 Å². The Labute approximate surface area is 100 Å². The van der Waals surface area contributed by atoms with Crippen molar-refractivity contribution in [3.8, 4) is 0 Å². The second-order valence-electron chi connectivity index (χ2n) is 2.79. The van der Waals surface area contributed by atoms with Gasteiger partial charge in [-0.1, -0.05) is 19.5 Å². The van der Waals surface area contributed by atoms with Crippen LogP contribution in [0.4, 0.5) is 0 Å². The molecule has 0 unspecified atom stereocenters. The van der Waals surface area contributed by atoms with E-state index < -0.39 is 20.0 Å². The summed E-state index contributed by atoms with van der Waals surface area (Å²) in [6.07, 6.45) is 1.04. The van der Waals surface area contributed by atoms with Gasteiger partial charge in [0.05, 0.1) is 0 Å². The van der Waals surface area contributed by atoms with Crippen molar-refractivity contribution < 1.29 is 11.9 Å². The van der Waals surface area contributed by atoms with Crippen LogP contribution in [0.25, 0.3) is 11.5 Å². The number of halogens is 4. The topological polar surface area (TPSA) is 47.6 Å². The molecule has 13 heavy (non-hydrogen) atoms. The quantitative estimate of drug-likeness (QED) is 0.524. The zero-order chi connectivity index (χ0) is 11.1. The average molecular weight is 467 g/mol. The van der Waals surface area contributed by atoms with Crippen molar-refractivity contribution in [2.45, 2.75) is 19.5 Å². The molecule has 2 N–H and O–H groups in total. The van der Waals surface area contributed by atoms with Gasteiger partial charge in [0.25, 0.3) is 0 Å². The van der Waals surface area contributed by atoms with Crippen molar-refractivity contribution >= 4 is 45.7 Å². The molecular weight excluding hydrogens is 453 g/mol. The van der Waals surface area contributed by atoms with Crippen LogP contribution in [0.5, 0.6) is 0 Å². The Morgan fingerprint density at radius 3 is 1.31 bits per heavy atom. The SMILES string of the molecule is CC[Si](C)(C[NH-])C[NH-].[Cl][Pt+2]([Cl])([Cl])[Cl]. The summed E-state index contributed by atoms with van der Waals surface area (Å²) in [5.74, 6) is 0. The first kappa shape index (κ1) is 17.4. The maximum absolute atomic E-state index is 7.10. The van der Waals surface area contributed by atoms with Gasteiger partial charge < -0.3 is 11.5 Å². The van der Waals surface area contributed by atoms with Crippen LogP contribution in [0.2, 0.25) is 12.6 Å². The van der Waals surface area contributed by atoms with Crippen LogP contribution in [0.15, 0.2) is 0 Å². The second kappa shape index (κ2) is 8.17. The Kier molecular flexibility index (Phi) is 10.9. The molecule has 0 aliphatic carbocycles. The van der Waals surface area contributed by atoms with Crippen LogP contribution in [-0.2, 0) is 11.9 Å². The number of rotatable bonds is 3. The Hall–Kier alpha value is 1.99. The first-order chi connectivity index (χ1) is 5.68. The van der Waals surface area contributed by atoms with Gasteiger partial charge in [0.15, 0.2) is 0 Å². The van der Waals surface area contributed by atoms with Crippen LogP contribution in [0.3, 0.4) is 0 Å². The molecule has 0 aliphatic heterocycles. The van der Waals surface area contributed by atoms with Crippen molar-refractivity contribution in [2.75, 3.05) is 12.3 Å². The normalized spacial score (nSPS) is 13.2. The van der Waals surface area contributed by atoms with Crippen molar-refractivity contribution in [3.05, 3.63) is 11.5 Å².